The van der Waals surface area contributed by atoms with Crippen molar-refractivity contribution in [2.75, 3.05) is 7.11 Å². The average Bonchev–Trinajstić information content (AvgIpc) is 3.04. The quantitative estimate of drug-likeness (QED) is 0.804. The van der Waals surface area contributed by atoms with Gasteiger partial charge in [0.1, 0.15) is 11.5 Å². The fraction of sp³-hybridized carbons (Fsp3) is 0.0588. The molecule has 0 aliphatic rings. The van der Waals surface area contributed by atoms with Gasteiger partial charge in [-0.25, -0.2) is 4.68 Å². The molecule has 1 heterocycles. The summed E-state index contributed by atoms with van der Waals surface area (Å²) in [6, 6.07) is 16.1. The Morgan fingerprint density at radius 1 is 1.14 bits per heavy atom. The van der Waals surface area contributed by atoms with E-state index in [0.29, 0.717) is 16.9 Å². The summed E-state index contributed by atoms with van der Waals surface area (Å²) in [5.41, 5.74) is 2.81. The van der Waals surface area contributed by atoms with Gasteiger partial charge in [-0.15, -0.1) is 0 Å². The van der Waals surface area contributed by atoms with Crippen LogP contribution in [0.15, 0.2) is 54.7 Å². The maximum Gasteiger partial charge on any atom is 0.128 e. The van der Waals surface area contributed by atoms with Crippen molar-refractivity contribution >= 4 is 0 Å². The topological polar surface area (TPSA) is 71.1 Å². The molecule has 3 rings (SSSR count). The average molecular weight is 291 g/mol. The maximum atomic E-state index is 10.2. The van der Waals surface area contributed by atoms with Crippen molar-refractivity contribution in [1.82, 2.24) is 9.78 Å². The maximum absolute atomic E-state index is 10.2. The lowest BCUT2D eigenvalue weighted by molar-refractivity contribution is 0.408. The first kappa shape index (κ1) is 13.7. The molecule has 5 heteroatoms. The number of phenolic OH excluding ortho intramolecular Hbond substituents is 1. The minimum atomic E-state index is 0.120. The number of rotatable bonds is 3. The molecule has 0 spiro atoms. The first-order valence-electron chi connectivity index (χ1n) is 6.65. The zero-order valence-corrected chi connectivity index (χ0v) is 11.9. The number of nitrogens with zero attached hydrogens (tertiary/aromatic N) is 3. The molecule has 0 aliphatic carbocycles. The number of benzene rings is 2. The van der Waals surface area contributed by atoms with Gasteiger partial charge in [-0.1, -0.05) is 0 Å². The Bertz CT molecular complexity index is 845. The van der Waals surface area contributed by atoms with E-state index in [2.05, 4.69) is 11.2 Å². The highest BCUT2D eigenvalue weighted by Crippen LogP contribution is 2.33. The second-order valence-corrected chi connectivity index (χ2v) is 4.67. The van der Waals surface area contributed by atoms with Gasteiger partial charge in [0.15, 0.2) is 0 Å². The van der Waals surface area contributed by atoms with Gasteiger partial charge in [-0.2, -0.15) is 10.4 Å². The number of methoxy groups -OCH3 is 1. The van der Waals surface area contributed by atoms with E-state index in [4.69, 9.17) is 10.00 Å². The van der Waals surface area contributed by atoms with Gasteiger partial charge in [-0.05, 0) is 42.5 Å². The van der Waals surface area contributed by atoms with Crippen molar-refractivity contribution in [3.8, 4) is 34.5 Å². The Morgan fingerprint density at radius 2 is 1.91 bits per heavy atom. The van der Waals surface area contributed by atoms with E-state index in [0.717, 1.165) is 11.4 Å². The molecule has 0 unspecified atom stereocenters. The van der Waals surface area contributed by atoms with Crippen LogP contribution >= 0.6 is 0 Å². The van der Waals surface area contributed by atoms with Crippen LogP contribution in [-0.4, -0.2) is 22.0 Å². The molecule has 0 saturated carbocycles. The molecule has 0 saturated heterocycles. The van der Waals surface area contributed by atoms with Crippen LogP contribution in [0.3, 0.4) is 0 Å². The molecule has 0 fully saturated rings. The van der Waals surface area contributed by atoms with Crippen LogP contribution in [0, 0.1) is 11.3 Å². The molecule has 2 aromatic carbocycles. The van der Waals surface area contributed by atoms with Gasteiger partial charge in [0.2, 0.25) is 0 Å². The molecule has 108 valence electrons. The lowest BCUT2D eigenvalue weighted by atomic mass is 10.1. The zero-order chi connectivity index (χ0) is 15.5. The second-order valence-electron chi connectivity index (χ2n) is 4.67. The Morgan fingerprint density at radius 3 is 2.55 bits per heavy atom. The smallest absolute Gasteiger partial charge is 0.128 e. The highest BCUT2D eigenvalue weighted by molar-refractivity contribution is 5.69. The summed E-state index contributed by atoms with van der Waals surface area (Å²) in [4.78, 5) is 0. The van der Waals surface area contributed by atoms with Crippen LogP contribution in [-0.2, 0) is 0 Å². The third kappa shape index (κ3) is 2.38. The van der Waals surface area contributed by atoms with E-state index >= 15 is 0 Å². The Kier molecular flexibility index (Phi) is 3.50. The predicted octanol–water partition coefficient (Wildman–Crippen LogP) is 3.13. The van der Waals surface area contributed by atoms with Gasteiger partial charge in [0.05, 0.1) is 36.3 Å². The van der Waals surface area contributed by atoms with Crippen LogP contribution in [0.25, 0.3) is 16.9 Å². The summed E-state index contributed by atoms with van der Waals surface area (Å²) in [7, 11) is 1.55. The van der Waals surface area contributed by atoms with E-state index in [1.54, 1.807) is 48.3 Å². The summed E-state index contributed by atoms with van der Waals surface area (Å²) in [6.45, 7) is 0. The van der Waals surface area contributed by atoms with E-state index in [-0.39, 0.29) is 5.75 Å². The number of ether oxygens (including phenoxy) is 1. The predicted molar refractivity (Wildman–Crippen MR) is 81.9 cm³/mol. The van der Waals surface area contributed by atoms with Crippen molar-refractivity contribution in [3.05, 3.63) is 60.3 Å². The highest BCUT2D eigenvalue weighted by Gasteiger charge is 2.12. The first-order valence-corrected chi connectivity index (χ1v) is 6.65. The van der Waals surface area contributed by atoms with Crippen molar-refractivity contribution < 1.29 is 9.84 Å². The van der Waals surface area contributed by atoms with E-state index in [9.17, 15) is 5.11 Å². The monoisotopic (exact) mass is 291 g/mol. The number of hydrogen-bond donors (Lipinski definition) is 1. The molecule has 22 heavy (non-hydrogen) atoms. The molecule has 5 nitrogen and oxygen atoms in total. The molecule has 0 amide bonds. The van der Waals surface area contributed by atoms with Crippen molar-refractivity contribution in [1.29, 1.82) is 5.26 Å². The van der Waals surface area contributed by atoms with E-state index < -0.39 is 0 Å². The summed E-state index contributed by atoms with van der Waals surface area (Å²) in [6.07, 6.45) is 1.66. The molecule has 1 aromatic heterocycles. The lowest BCUT2D eigenvalue weighted by Gasteiger charge is -2.10. The summed E-state index contributed by atoms with van der Waals surface area (Å²) >= 11 is 0. The first-order chi connectivity index (χ1) is 10.7. The lowest BCUT2D eigenvalue weighted by Crippen LogP contribution is -1.99. The SMILES string of the molecule is COc1ccc(-c2ccnn2-c2ccc(C#N)cc2)c(O)c1. The number of nitriles is 1. The molecule has 3 aromatic rings. The fourth-order valence-corrected chi connectivity index (χ4v) is 2.25. The summed E-state index contributed by atoms with van der Waals surface area (Å²) in [5, 5.41) is 23.3. The van der Waals surface area contributed by atoms with Gasteiger partial charge in [0, 0.05) is 11.6 Å². The van der Waals surface area contributed by atoms with Crippen molar-refractivity contribution in [2.24, 2.45) is 0 Å². The Labute approximate surface area is 127 Å². The van der Waals surface area contributed by atoms with Crippen LogP contribution in [0.2, 0.25) is 0 Å². The van der Waals surface area contributed by atoms with Gasteiger partial charge >= 0.3 is 0 Å². The van der Waals surface area contributed by atoms with Gasteiger partial charge in [0.25, 0.3) is 0 Å². The van der Waals surface area contributed by atoms with Crippen LogP contribution in [0.4, 0.5) is 0 Å². The largest absolute Gasteiger partial charge is 0.507 e. The molecular formula is C17H13N3O2. The minimum Gasteiger partial charge on any atom is -0.507 e. The van der Waals surface area contributed by atoms with Crippen molar-refractivity contribution in [3.63, 3.8) is 0 Å². The third-order valence-corrected chi connectivity index (χ3v) is 3.36. The summed E-state index contributed by atoms with van der Waals surface area (Å²) in [5.74, 6) is 0.709. The fourth-order valence-electron chi connectivity index (χ4n) is 2.25. The molecule has 0 aliphatic heterocycles. The number of hydrogen-bond acceptors (Lipinski definition) is 4. The number of phenols is 1. The molecule has 0 bridgehead atoms. The van der Waals surface area contributed by atoms with Crippen LogP contribution in [0.1, 0.15) is 5.56 Å². The molecule has 0 radical (unpaired) electrons. The molecule has 0 atom stereocenters. The standard InChI is InChI=1S/C17H13N3O2/c1-22-14-6-7-15(17(21)10-14)16-8-9-19-20(16)13-4-2-12(11-18)3-5-13/h2-10,21H,1H3. The third-order valence-electron chi connectivity index (χ3n) is 3.36. The van der Waals surface area contributed by atoms with Gasteiger partial charge in [-0.3, -0.25) is 0 Å². The molecule has 1 N–H and O–H groups in total. The number of aromatic nitrogens is 2. The van der Waals surface area contributed by atoms with Crippen LogP contribution < -0.4 is 4.74 Å². The Balaban J connectivity index is 2.07. The Hall–Kier alpha value is -3.26. The number of aromatic hydroxyl groups is 1. The van der Waals surface area contributed by atoms with Gasteiger partial charge < -0.3 is 9.84 Å². The highest BCUT2D eigenvalue weighted by atomic mass is 16.5. The second kappa shape index (κ2) is 5.62. The normalized spacial score (nSPS) is 10.2. The van der Waals surface area contributed by atoms with E-state index in [1.807, 2.05) is 18.2 Å². The van der Waals surface area contributed by atoms with Crippen molar-refractivity contribution in [2.45, 2.75) is 0 Å². The zero-order valence-electron chi connectivity index (χ0n) is 11.9. The molecular weight excluding hydrogens is 278 g/mol. The van der Waals surface area contributed by atoms with E-state index in [1.165, 1.54) is 0 Å². The minimum absolute atomic E-state index is 0.120. The summed E-state index contributed by atoms with van der Waals surface area (Å²) < 4.78 is 6.81. The van der Waals surface area contributed by atoms with Crippen LogP contribution in [0.5, 0.6) is 11.5 Å².